The summed E-state index contributed by atoms with van der Waals surface area (Å²) in [5.74, 6) is 1.51. The van der Waals surface area contributed by atoms with E-state index in [1.165, 1.54) is 0 Å². The molecular weight excluding hydrogens is 232 g/mol. The molecule has 0 radical (unpaired) electrons. The first-order chi connectivity index (χ1) is 8.70. The van der Waals surface area contributed by atoms with Crippen LogP contribution in [0.3, 0.4) is 0 Å². The summed E-state index contributed by atoms with van der Waals surface area (Å²) < 4.78 is 10.6. The SMILES string of the molecule is CCOC(C)c1noc(CC2CCCCC2=O)n1. The highest BCUT2D eigenvalue weighted by Gasteiger charge is 2.25. The Hall–Kier alpha value is -1.23. The van der Waals surface area contributed by atoms with Gasteiger partial charge >= 0.3 is 0 Å². The molecule has 0 N–H and O–H groups in total. The van der Waals surface area contributed by atoms with Gasteiger partial charge in [0.05, 0.1) is 0 Å². The van der Waals surface area contributed by atoms with Crippen LogP contribution < -0.4 is 0 Å². The summed E-state index contributed by atoms with van der Waals surface area (Å²) in [6.07, 6.45) is 4.19. The highest BCUT2D eigenvalue weighted by Crippen LogP contribution is 2.24. The predicted octanol–water partition coefficient (Wildman–Crippen LogP) is 2.47. The van der Waals surface area contributed by atoms with E-state index >= 15 is 0 Å². The molecule has 5 nitrogen and oxygen atoms in total. The van der Waals surface area contributed by atoms with E-state index in [1.807, 2.05) is 13.8 Å². The number of carbonyl (C=O) groups is 1. The molecule has 1 saturated carbocycles. The molecule has 18 heavy (non-hydrogen) atoms. The second kappa shape index (κ2) is 6.09. The third kappa shape index (κ3) is 3.16. The van der Waals surface area contributed by atoms with Gasteiger partial charge < -0.3 is 9.26 Å². The van der Waals surface area contributed by atoms with Gasteiger partial charge in [0, 0.05) is 25.4 Å². The van der Waals surface area contributed by atoms with E-state index in [-0.39, 0.29) is 12.0 Å². The lowest BCUT2D eigenvalue weighted by molar-refractivity contribution is -0.124. The van der Waals surface area contributed by atoms with Crippen LogP contribution in [-0.4, -0.2) is 22.5 Å². The molecule has 1 aliphatic rings. The van der Waals surface area contributed by atoms with Gasteiger partial charge in [0.1, 0.15) is 11.9 Å². The first-order valence-electron chi connectivity index (χ1n) is 6.67. The Morgan fingerprint density at radius 2 is 2.33 bits per heavy atom. The van der Waals surface area contributed by atoms with Crippen molar-refractivity contribution in [3.63, 3.8) is 0 Å². The topological polar surface area (TPSA) is 65.2 Å². The number of rotatable bonds is 5. The van der Waals surface area contributed by atoms with Gasteiger partial charge in [-0.1, -0.05) is 11.6 Å². The standard InChI is InChI=1S/C13H20N2O3/c1-3-17-9(2)13-14-12(18-15-13)8-10-6-4-5-7-11(10)16/h9-10H,3-8H2,1-2H3. The van der Waals surface area contributed by atoms with Crippen molar-refractivity contribution in [2.24, 2.45) is 5.92 Å². The number of ketones is 1. The van der Waals surface area contributed by atoms with E-state index < -0.39 is 0 Å². The quantitative estimate of drug-likeness (QED) is 0.805. The Bertz CT molecular complexity index is 403. The Labute approximate surface area is 107 Å². The average Bonchev–Trinajstić information content (AvgIpc) is 2.81. The summed E-state index contributed by atoms with van der Waals surface area (Å²) in [6.45, 7) is 4.44. The molecule has 2 atom stereocenters. The Morgan fingerprint density at radius 1 is 1.50 bits per heavy atom. The van der Waals surface area contributed by atoms with Crippen molar-refractivity contribution in [1.29, 1.82) is 0 Å². The molecule has 100 valence electrons. The lowest BCUT2D eigenvalue weighted by Crippen LogP contribution is -2.21. The van der Waals surface area contributed by atoms with Gasteiger partial charge in [-0.05, 0) is 26.7 Å². The first-order valence-corrected chi connectivity index (χ1v) is 6.67. The minimum absolute atomic E-state index is 0.0643. The van der Waals surface area contributed by atoms with Gasteiger partial charge in [0.15, 0.2) is 5.82 Å². The van der Waals surface area contributed by atoms with Crippen molar-refractivity contribution < 1.29 is 14.1 Å². The number of hydrogen-bond donors (Lipinski definition) is 0. The highest BCUT2D eigenvalue weighted by molar-refractivity contribution is 5.81. The maximum atomic E-state index is 11.7. The van der Waals surface area contributed by atoms with Gasteiger partial charge in [-0.25, -0.2) is 0 Å². The van der Waals surface area contributed by atoms with Gasteiger partial charge in [-0.2, -0.15) is 4.98 Å². The number of hydrogen-bond acceptors (Lipinski definition) is 5. The zero-order chi connectivity index (χ0) is 13.0. The molecule has 1 aromatic rings. The summed E-state index contributed by atoms with van der Waals surface area (Å²) >= 11 is 0. The molecule has 1 aromatic heterocycles. The van der Waals surface area contributed by atoms with Crippen molar-refractivity contribution in [2.45, 2.75) is 52.1 Å². The number of Topliss-reactive ketones (excluding diaryl/α,β-unsaturated/α-hetero) is 1. The van der Waals surface area contributed by atoms with Gasteiger partial charge in [0.25, 0.3) is 0 Å². The zero-order valence-electron chi connectivity index (χ0n) is 11.0. The van der Waals surface area contributed by atoms with Crippen LogP contribution in [0.2, 0.25) is 0 Å². The molecule has 1 aliphatic carbocycles. The fraction of sp³-hybridized carbons (Fsp3) is 0.769. The van der Waals surface area contributed by atoms with Crippen LogP contribution in [0.4, 0.5) is 0 Å². The normalized spacial score (nSPS) is 22.1. The minimum Gasteiger partial charge on any atom is -0.371 e. The van der Waals surface area contributed by atoms with Crippen LogP contribution >= 0.6 is 0 Å². The third-order valence-corrected chi connectivity index (χ3v) is 3.37. The van der Waals surface area contributed by atoms with E-state index in [0.717, 1.165) is 19.3 Å². The van der Waals surface area contributed by atoms with Crippen LogP contribution in [0, 0.1) is 5.92 Å². The van der Waals surface area contributed by atoms with E-state index in [2.05, 4.69) is 10.1 Å². The molecule has 0 amide bonds. The largest absolute Gasteiger partial charge is 0.371 e. The number of aromatic nitrogens is 2. The highest BCUT2D eigenvalue weighted by atomic mass is 16.5. The van der Waals surface area contributed by atoms with Crippen molar-refractivity contribution >= 4 is 5.78 Å². The summed E-state index contributed by atoms with van der Waals surface area (Å²) in [5, 5.41) is 3.90. The Kier molecular flexibility index (Phi) is 4.47. The number of carbonyl (C=O) groups excluding carboxylic acids is 1. The lowest BCUT2D eigenvalue weighted by atomic mass is 9.86. The maximum absolute atomic E-state index is 11.7. The second-order valence-corrected chi connectivity index (χ2v) is 4.76. The zero-order valence-corrected chi connectivity index (χ0v) is 11.0. The van der Waals surface area contributed by atoms with Crippen LogP contribution in [0.1, 0.15) is 57.3 Å². The molecule has 2 rings (SSSR count). The number of nitrogens with zero attached hydrogens (tertiary/aromatic N) is 2. The maximum Gasteiger partial charge on any atom is 0.227 e. The van der Waals surface area contributed by atoms with Crippen molar-refractivity contribution in [1.82, 2.24) is 10.1 Å². The molecular formula is C13H20N2O3. The molecule has 0 saturated heterocycles. The summed E-state index contributed by atoms with van der Waals surface area (Å²) in [4.78, 5) is 16.0. The molecule has 1 fully saturated rings. The Balaban J connectivity index is 1.95. The molecule has 5 heteroatoms. The second-order valence-electron chi connectivity index (χ2n) is 4.76. The molecule has 0 spiro atoms. The van der Waals surface area contributed by atoms with Crippen molar-refractivity contribution in [3.05, 3.63) is 11.7 Å². The molecule has 0 aromatic carbocycles. The smallest absolute Gasteiger partial charge is 0.227 e. The van der Waals surface area contributed by atoms with E-state index in [9.17, 15) is 4.79 Å². The fourth-order valence-corrected chi connectivity index (χ4v) is 2.32. The first kappa shape index (κ1) is 13.2. The Morgan fingerprint density at radius 3 is 3.06 bits per heavy atom. The van der Waals surface area contributed by atoms with E-state index in [1.54, 1.807) is 0 Å². The fourth-order valence-electron chi connectivity index (χ4n) is 2.32. The lowest BCUT2D eigenvalue weighted by Gasteiger charge is -2.18. The van der Waals surface area contributed by atoms with Crippen molar-refractivity contribution in [3.8, 4) is 0 Å². The van der Waals surface area contributed by atoms with Gasteiger partial charge in [-0.3, -0.25) is 4.79 Å². The van der Waals surface area contributed by atoms with E-state index in [4.69, 9.17) is 9.26 Å². The minimum atomic E-state index is -0.158. The summed E-state index contributed by atoms with van der Waals surface area (Å²) in [6, 6.07) is 0. The molecule has 1 heterocycles. The van der Waals surface area contributed by atoms with Crippen molar-refractivity contribution in [2.75, 3.05) is 6.61 Å². The van der Waals surface area contributed by atoms with Crippen LogP contribution in [0.15, 0.2) is 4.52 Å². The monoisotopic (exact) mass is 252 g/mol. The molecule has 0 aliphatic heterocycles. The van der Waals surface area contributed by atoms with Gasteiger partial charge in [0.2, 0.25) is 5.89 Å². The van der Waals surface area contributed by atoms with E-state index in [0.29, 0.717) is 36.9 Å². The predicted molar refractivity (Wildman–Crippen MR) is 65.0 cm³/mol. The van der Waals surface area contributed by atoms with Gasteiger partial charge in [-0.15, -0.1) is 0 Å². The van der Waals surface area contributed by atoms with Crippen LogP contribution in [-0.2, 0) is 16.0 Å². The molecule has 0 bridgehead atoms. The summed E-state index contributed by atoms with van der Waals surface area (Å²) in [7, 11) is 0. The number of ether oxygens (including phenoxy) is 1. The van der Waals surface area contributed by atoms with Crippen LogP contribution in [0.25, 0.3) is 0 Å². The molecule has 2 unspecified atom stereocenters. The third-order valence-electron chi connectivity index (χ3n) is 3.37. The summed E-state index contributed by atoms with van der Waals surface area (Å²) in [5.41, 5.74) is 0. The average molecular weight is 252 g/mol. The van der Waals surface area contributed by atoms with Crippen LogP contribution in [0.5, 0.6) is 0 Å².